The molecule has 0 atom stereocenters. The van der Waals surface area contributed by atoms with E-state index in [4.69, 9.17) is 0 Å². The van der Waals surface area contributed by atoms with E-state index in [0.29, 0.717) is 0 Å². The average Bonchev–Trinajstić information content (AvgIpc) is 3.43. The Hall–Kier alpha value is -1.90. The highest BCUT2D eigenvalue weighted by atomic mass is 32.1. The summed E-state index contributed by atoms with van der Waals surface area (Å²) in [5, 5.41) is 16.2. The van der Waals surface area contributed by atoms with E-state index >= 15 is 0 Å². The third-order valence-corrected chi connectivity index (χ3v) is 9.12. The summed E-state index contributed by atoms with van der Waals surface area (Å²) in [6, 6.07) is 14.4. The summed E-state index contributed by atoms with van der Waals surface area (Å²) >= 11 is 3.92. The van der Waals surface area contributed by atoms with Crippen molar-refractivity contribution in [3.05, 3.63) is 56.9 Å². The van der Waals surface area contributed by atoms with Gasteiger partial charge in [0.05, 0.1) is 0 Å². The van der Waals surface area contributed by atoms with Crippen LogP contribution in [0.25, 0.3) is 43.1 Å². The first-order chi connectivity index (χ1) is 15.8. The molecule has 0 aliphatic carbocycles. The van der Waals surface area contributed by atoms with Gasteiger partial charge in [-0.15, -0.1) is 22.7 Å². The molecule has 5 rings (SSSR count). The van der Waals surface area contributed by atoms with Crippen molar-refractivity contribution in [3.8, 4) is 0 Å². The Morgan fingerprint density at radius 2 is 0.969 bits per heavy atom. The summed E-state index contributed by atoms with van der Waals surface area (Å²) in [6.45, 7) is 4.57. The number of fused-ring (bicyclic) bond motifs is 6. The van der Waals surface area contributed by atoms with Crippen LogP contribution in [0, 0.1) is 0 Å². The number of benzene rings is 3. The highest BCUT2D eigenvalue weighted by Gasteiger charge is 2.12. The topological polar surface area (TPSA) is 0 Å². The van der Waals surface area contributed by atoms with Crippen LogP contribution in [-0.2, 0) is 12.8 Å². The van der Waals surface area contributed by atoms with Gasteiger partial charge in [-0.1, -0.05) is 76.6 Å². The predicted molar refractivity (Wildman–Crippen MR) is 148 cm³/mol. The van der Waals surface area contributed by atoms with Gasteiger partial charge >= 0.3 is 0 Å². The molecule has 2 heterocycles. The van der Waals surface area contributed by atoms with E-state index in [-0.39, 0.29) is 0 Å². The Morgan fingerprint density at radius 1 is 0.500 bits per heavy atom. The largest absolute Gasteiger partial charge is 0.148 e. The van der Waals surface area contributed by atoms with Crippen molar-refractivity contribution in [1.82, 2.24) is 0 Å². The van der Waals surface area contributed by atoms with Crippen molar-refractivity contribution in [2.24, 2.45) is 0 Å². The lowest BCUT2D eigenvalue weighted by atomic mass is 9.96. The van der Waals surface area contributed by atoms with E-state index < -0.39 is 0 Å². The summed E-state index contributed by atoms with van der Waals surface area (Å²) in [5.74, 6) is 0. The first-order valence-corrected chi connectivity index (χ1v) is 14.3. The van der Waals surface area contributed by atoms with Gasteiger partial charge in [-0.3, -0.25) is 0 Å². The first kappa shape index (κ1) is 21.9. The van der Waals surface area contributed by atoms with Crippen LogP contribution in [0.4, 0.5) is 0 Å². The van der Waals surface area contributed by atoms with Crippen molar-refractivity contribution in [2.45, 2.75) is 78.1 Å². The van der Waals surface area contributed by atoms with E-state index in [2.05, 4.69) is 61.0 Å². The van der Waals surface area contributed by atoms with E-state index in [1.807, 2.05) is 22.7 Å². The summed E-state index contributed by atoms with van der Waals surface area (Å²) in [5.41, 5.74) is 0. The molecule has 0 spiro atoms. The SMILES string of the molecule is CCCCCCc1scc2c1ccc1cc3c(ccc4c(CCCCCC)scc43)cc12. The molecule has 5 aromatic rings. The molecule has 0 saturated carbocycles. The lowest BCUT2D eigenvalue weighted by Crippen LogP contribution is -1.84. The summed E-state index contributed by atoms with van der Waals surface area (Å²) in [4.78, 5) is 3.14. The molecule has 2 heteroatoms. The standard InChI is InChI=1S/C30H34S2/c1-3-5-7-9-11-29-23-15-13-21-18-26-22(17-25(21)27(23)19-31-29)14-16-24-28(26)20-32-30(24)12-10-8-6-4-2/h13-20H,3-12H2,1-2H3. The molecule has 2 aromatic heterocycles. The van der Waals surface area contributed by atoms with Gasteiger partial charge in [-0.25, -0.2) is 0 Å². The Morgan fingerprint density at radius 3 is 1.41 bits per heavy atom. The average molecular weight is 459 g/mol. The van der Waals surface area contributed by atoms with E-state index in [1.54, 1.807) is 9.75 Å². The van der Waals surface area contributed by atoms with Crippen LogP contribution >= 0.6 is 22.7 Å². The highest BCUT2D eigenvalue weighted by Crippen LogP contribution is 2.38. The molecule has 0 amide bonds. The van der Waals surface area contributed by atoms with E-state index in [9.17, 15) is 0 Å². The van der Waals surface area contributed by atoms with Crippen LogP contribution in [0.1, 0.15) is 75.0 Å². The molecule has 32 heavy (non-hydrogen) atoms. The minimum atomic E-state index is 1.23. The monoisotopic (exact) mass is 458 g/mol. The van der Waals surface area contributed by atoms with Gasteiger partial charge in [0.2, 0.25) is 0 Å². The second-order valence-electron chi connectivity index (χ2n) is 9.29. The molecule has 0 aliphatic heterocycles. The second-order valence-corrected chi connectivity index (χ2v) is 11.2. The van der Waals surface area contributed by atoms with Crippen molar-refractivity contribution >= 4 is 65.8 Å². The number of hydrogen-bond donors (Lipinski definition) is 0. The molecule has 3 aromatic carbocycles. The minimum Gasteiger partial charge on any atom is -0.148 e. The Kier molecular flexibility index (Phi) is 6.80. The quantitative estimate of drug-likeness (QED) is 0.144. The molecular formula is C30H34S2. The van der Waals surface area contributed by atoms with Crippen molar-refractivity contribution in [2.75, 3.05) is 0 Å². The molecule has 0 saturated heterocycles. The number of rotatable bonds is 10. The maximum absolute atomic E-state index is 2.44. The van der Waals surface area contributed by atoms with Crippen LogP contribution in [0.15, 0.2) is 47.2 Å². The van der Waals surface area contributed by atoms with Crippen molar-refractivity contribution < 1.29 is 0 Å². The molecule has 0 N–H and O–H groups in total. The van der Waals surface area contributed by atoms with Gasteiger partial charge in [0.1, 0.15) is 0 Å². The van der Waals surface area contributed by atoms with Crippen LogP contribution in [0.5, 0.6) is 0 Å². The highest BCUT2D eigenvalue weighted by molar-refractivity contribution is 7.12. The Bertz CT molecular complexity index is 1250. The summed E-state index contributed by atoms with van der Waals surface area (Å²) in [7, 11) is 0. The number of thiophene rings is 2. The zero-order valence-corrected chi connectivity index (χ0v) is 21.1. The lowest BCUT2D eigenvalue weighted by molar-refractivity contribution is 0.671. The summed E-state index contributed by atoms with van der Waals surface area (Å²) < 4.78 is 0. The van der Waals surface area contributed by atoms with Gasteiger partial charge in [0.25, 0.3) is 0 Å². The molecule has 0 radical (unpaired) electrons. The zero-order chi connectivity index (χ0) is 21.9. The zero-order valence-electron chi connectivity index (χ0n) is 19.5. The fraction of sp³-hybridized carbons (Fsp3) is 0.400. The van der Waals surface area contributed by atoms with Gasteiger partial charge in [0, 0.05) is 20.5 Å². The maximum atomic E-state index is 2.44. The molecule has 0 fully saturated rings. The maximum Gasteiger partial charge on any atom is 0.0124 e. The van der Waals surface area contributed by atoms with Gasteiger partial charge in [-0.2, -0.15) is 0 Å². The van der Waals surface area contributed by atoms with Crippen LogP contribution in [0.3, 0.4) is 0 Å². The van der Waals surface area contributed by atoms with Crippen LogP contribution in [0.2, 0.25) is 0 Å². The normalized spacial score (nSPS) is 12.1. The first-order valence-electron chi connectivity index (χ1n) is 12.6. The van der Waals surface area contributed by atoms with Crippen LogP contribution in [-0.4, -0.2) is 0 Å². The Balaban J connectivity index is 1.51. The third-order valence-electron chi connectivity index (χ3n) is 7.00. The predicted octanol–water partition coefficient (Wildman–Crippen LogP) is 10.7. The third kappa shape index (κ3) is 4.20. The molecule has 0 unspecified atom stereocenters. The second kappa shape index (κ2) is 9.93. The van der Waals surface area contributed by atoms with Gasteiger partial charge in [0.15, 0.2) is 0 Å². The summed E-state index contributed by atoms with van der Waals surface area (Å²) in [6.07, 6.45) is 13.1. The molecule has 0 nitrogen and oxygen atoms in total. The molecule has 166 valence electrons. The number of aryl methyl sites for hydroxylation is 2. The molecule has 0 bridgehead atoms. The minimum absolute atomic E-state index is 1.23. The number of hydrogen-bond acceptors (Lipinski definition) is 2. The van der Waals surface area contributed by atoms with Crippen molar-refractivity contribution in [3.63, 3.8) is 0 Å². The van der Waals surface area contributed by atoms with Crippen LogP contribution < -0.4 is 0 Å². The fourth-order valence-corrected chi connectivity index (χ4v) is 7.29. The van der Waals surface area contributed by atoms with Gasteiger partial charge < -0.3 is 0 Å². The molecule has 0 aliphatic rings. The molecular weight excluding hydrogens is 424 g/mol. The van der Waals surface area contributed by atoms with E-state index in [1.165, 1.54) is 107 Å². The van der Waals surface area contributed by atoms with Crippen molar-refractivity contribution in [1.29, 1.82) is 0 Å². The van der Waals surface area contributed by atoms with E-state index in [0.717, 1.165) is 0 Å². The number of unbranched alkanes of at least 4 members (excludes halogenated alkanes) is 6. The Labute approximate surface area is 200 Å². The smallest absolute Gasteiger partial charge is 0.0124 e. The fourth-order valence-electron chi connectivity index (χ4n) is 5.13. The van der Waals surface area contributed by atoms with Gasteiger partial charge in [-0.05, 0) is 80.9 Å². The lowest BCUT2D eigenvalue weighted by Gasteiger charge is -2.07.